The molecule has 3 nitrogen and oxygen atoms in total. The van der Waals surface area contributed by atoms with Gasteiger partial charge >= 0.3 is 0 Å². The van der Waals surface area contributed by atoms with Gasteiger partial charge in [-0.1, -0.05) is 17.9 Å². The predicted molar refractivity (Wildman–Crippen MR) is 74.6 cm³/mol. The minimum absolute atomic E-state index is 0.222. The third-order valence-corrected chi connectivity index (χ3v) is 3.22. The highest BCUT2D eigenvalue weighted by Crippen LogP contribution is 2.20. The van der Waals surface area contributed by atoms with E-state index in [0.29, 0.717) is 10.4 Å². The zero-order valence-electron chi connectivity index (χ0n) is 10.2. The lowest BCUT2D eigenvalue weighted by molar-refractivity contribution is 0.102. The minimum Gasteiger partial charge on any atom is -0.320 e. The number of nitrogens with two attached hydrogens (primary N) is 1. The van der Waals surface area contributed by atoms with Gasteiger partial charge in [-0.05, 0) is 18.2 Å². The number of anilines is 1. The summed E-state index contributed by atoms with van der Waals surface area (Å²) in [5, 5.41) is 3.77. The van der Waals surface area contributed by atoms with E-state index in [2.05, 4.69) is 17.2 Å². The van der Waals surface area contributed by atoms with Crippen molar-refractivity contribution in [1.29, 1.82) is 0 Å². The fourth-order valence-corrected chi connectivity index (χ4v) is 2.22. The van der Waals surface area contributed by atoms with Crippen molar-refractivity contribution in [2.75, 3.05) is 11.9 Å². The van der Waals surface area contributed by atoms with E-state index in [4.69, 9.17) is 5.73 Å². The summed E-state index contributed by atoms with van der Waals surface area (Å²) < 4.78 is 26.8. The molecule has 0 radical (unpaired) electrons. The number of para-hydroxylation sites is 1. The van der Waals surface area contributed by atoms with Gasteiger partial charge in [0.05, 0.1) is 17.0 Å². The maximum absolute atomic E-state index is 13.4. The van der Waals surface area contributed by atoms with Crippen molar-refractivity contribution < 1.29 is 13.6 Å². The third-order valence-electron chi connectivity index (χ3n) is 2.38. The lowest BCUT2D eigenvalue weighted by Crippen LogP contribution is -2.13. The number of carbonyl (C=O) groups excluding carboxylic acids is 1. The van der Waals surface area contributed by atoms with Crippen molar-refractivity contribution >= 4 is 22.9 Å². The second kappa shape index (κ2) is 6.28. The summed E-state index contributed by atoms with van der Waals surface area (Å²) in [6.07, 6.45) is 0. The first-order chi connectivity index (χ1) is 9.61. The van der Waals surface area contributed by atoms with Gasteiger partial charge in [-0.3, -0.25) is 4.79 Å². The summed E-state index contributed by atoms with van der Waals surface area (Å²) in [5.74, 6) is 3.21. The SMILES string of the molecule is NCC#Cc1cc(C(=O)Nc2c(F)cccc2F)cs1. The number of halogens is 2. The van der Waals surface area contributed by atoms with Crippen LogP contribution in [0.3, 0.4) is 0 Å². The molecule has 0 aliphatic carbocycles. The van der Waals surface area contributed by atoms with Crippen LogP contribution < -0.4 is 11.1 Å². The highest BCUT2D eigenvalue weighted by atomic mass is 32.1. The smallest absolute Gasteiger partial charge is 0.256 e. The number of hydrogen-bond donors (Lipinski definition) is 2. The standard InChI is InChI=1S/C14H10F2N2OS/c15-11-4-1-5-12(16)13(11)18-14(19)9-7-10(20-8-9)3-2-6-17/h1,4-5,7-8H,6,17H2,(H,18,19). The Bertz CT molecular complexity index is 680. The van der Waals surface area contributed by atoms with Crippen LogP contribution in [-0.4, -0.2) is 12.5 Å². The highest BCUT2D eigenvalue weighted by Gasteiger charge is 2.14. The Morgan fingerprint density at radius 3 is 2.70 bits per heavy atom. The van der Waals surface area contributed by atoms with Gasteiger partial charge in [0.15, 0.2) is 0 Å². The van der Waals surface area contributed by atoms with Crippen LogP contribution in [0.15, 0.2) is 29.6 Å². The molecule has 0 saturated heterocycles. The molecule has 0 spiro atoms. The van der Waals surface area contributed by atoms with Crippen LogP contribution in [0.2, 0.25) is 0 Å². The summed E-state index contributed by atoms with van der Waals surface area (Å²) >= 11 is 1.26. The van der Waals surface area contributed by atoms with Crippen LogP contribution in [-0.2, 0) is 0 Å². The number of rotatable bonds is 2. The predicted octanol–water partition coefficient (Wildman–Crippen LogP) is 2.59. The lowest BCUT2D eigenvalue weighted by atomic mass is 10.2. The van der Waals surface area contributed by atoms with E-state index < -0.39 is 23.2 Å². The Labute approximate surface area is 118 Å². The molecule has 2 aromatic rings. The Morgan fingerprint density at radius 2 is 2.05 bits per heavy atom. The molecule has 0 unspecified atom stereocenters. The second-order valence-electron chi connectivity index (χ2n) is 3.76. The van der Waals surface area contributed by atoms with Crippen molar-refractivity contribution in [3.8, 4) is 11.8 Å². The van der Waals surface area contributed by atoms with Crippen molar-refractivity contribution in [3.05, 3.63) is 51.7 Å². The lowest BCUT2D eigenvalue weighted by Gasteiger charge is -2.05. The van der Waals surface area contributed by atoms with Crippen LogP contribution in [0.4, 0.5) is 14.5 Å². The van der Waals surface area contributed by atoms with Gasteiger partial charge in [-0.25, -0.2) is 8.78 Å². The fourth-order valence-electron chi connectivity index (χ4n) is 1.46. The van der Waals surface area contributed by atoms with E-state index in [-0.39, 0.29) is 6.54 Å². The molecule has 20 heavy (non-hydrogen) atoms. The molecule has 2 rings (SSSR count). The van der Waals surface area contributed by atoms with Gasteiger partial charge in [-0.15, -0.1) is 11.3 Å². The maximum atomic E-state index is 13.4. The molecule has 0 saturated carbocycles. The van der Waals surface area contributed by atoms with Crippen molar-refractivity contribution in [1.82, 2.24) is 0 Å². The van der Waals surface area contributed by atoms with Crippen molar-refractivity contribution in [2.45, 2.75) is 0 Å². The average molecular weight is 292 g/mol. The van der Waals surface area contributed by atoms with E-state index in [9.17, 15) is 13.6 Å². The molecule has 0 aliphatic rings. The maximum Gasteiger partial charge on any atom is 0.256 e. The van der Waals surface area contributed by atoms with Crippen LogP contribution >= 0.6 is 11.3 Å². The molecule has 0 bridgehead atoms. The van der Waals surface area contributed by atoms with Gasteiger partial charge in [0.1, 0.15) is 17.3 Å². The Kier molecular flexibility index (Phi) is 4.45. The first-order valence-electron chi connectivity index (χ1n) is 5.64. The van der Waals surface area contributed by atoms with Crippen LogP contribution in [0.1, 0.15) is 15.2 Å². The average Bonchev–Trinajstić information content (AvgIpc) is 2.89. The molecular weight excluding hydrogens is 282 g/mol. The van der Waals surface area contributed by atoms with E-state index in [1.54, 1.807) is 11.4 Å². The molecule has 1 aromatic carbocycles. The number of nitrogens with one attached hydrogen (secondary N) is 1. The molecule has 1 heterocycles. The van der Waals surface area contributed by atoms with Crippen molar-refractivity contribution in [3.63, 3.8) is 0 Å². The summed E-state index contributed by atoms with van der Waals surface area (Å²) in [4.78, 5) is 12.6. The van der Waals surface area contributed by atoms with Crippen LogP contribution in [0.5, 0.6) is 0 Å². The number of hydrogen-bond acceptors (Lipinski definition) is 3. The first kappa shape index (κ1) is 14.2. The quantitative estimate of drug-likeness (QED) is 0.836. The van der Waals surface area contributed by atoms with Gasteiger partial charge < -0.3 is 11.1 Å². The Morgan fingerprint density at radius 1 is 1.35 bits per heavy atom. The van der Waals surface area contributed by atoms with E-state index in [1.165, 1.54) is 17.4 Å². The first-order valence-corrected chi connectivity index (χ1v) is 6.52. The van der Waals surface area contributed by atoms with E-state index in [1.807, 2.05) is 0 Å². The van der Waals surface area contributed by atoms with Crippen LogP contribution in [0, 0.1) is 23.5 Å². The van der Waals surface area contributed by atoms with E-state index in [0.717, 1.165) is 12.1 Å². The molecule has 0 atom stereocenters. The molecule has 0 aliphatic heterocycles. The topological polar surface area (TPSA) is 55.1 Å². The summed E-state index contributed by atoms with van der Waals surface area (Å²) in [5.41, 5.74) is 5.08. The molecule has 3 N–H and O–H groups in total. The van der Waals surface area contributed by atoms with Gasteiger partial charge in [0, 0.05) is 5.38 Å². The molecule has 0 fully saturated rings. The summed E-state index contributed by atoms with van der Waals surface area (Å²) in [6, 6.07) is 4.92. The third kappa shape index (κ3) is 3.20. The number of benzene rings is 1. The summed E-state index contributed by atoms with van der Waals surface area (Å²) in [7, 11) is 0. The van der Waals surface area contributed by atoms with E-state index >= 15 is 0 Å². The fraction of sp³-hybridized carbons (Fsp3) is 0.0714. The van der Waals surface area contributed by atoms with Crippen LogP contribution in [0.25, 0.3) is 0 Å². The number of thiophene rings is 1. The highest BCUT2D eigenvalue weighted by molar-refractivity contribution is 7.10. The minimum atomic E-state index is -0.822. The largest absolute Gasteiger partial charge is 0.320 e. The zero-order valence-corrected chi connectivity index (χ0v) is 11.1. The van der Waals surface area contributed by atoms with Gasteiger partial charge in [0.2, 0.25) is 0 Å². The molecule has 1 amide bonds. The number of carbonyl (C=O) groups is 1. The normalized spacial score (nSPS) is 9.75. The van der Waals surface area contributed by atoms with Gasteiger partial charge in [-0.2, -0.15) is 0 Å². The Balaban J connectivity index is 2.18. The number of amides is 1. The molecule has 6 heteroatoms. The molecule has 1 aromatic heterocycles. The zero-order chi connectivity index (χ0) is 14.5. The molecular formula is C14H10F2N2OS. The summed E-state index contributed by atoms with van der Waals surface area (Å²) in [6.45, 7) is 0.222. The second-order valence-corrected chi connectivity index (χ2v) is 4.67. The van der Waals surface area contributed by atoms with Gasteiger partial charge in [0.25, 0.3) is 5.91 Å². The Hall–Kier alpha value is -2.23. The monoisotopic (exact) mass is 292 g/mol. The van der Waals surface area contributed by atoms with Crippen molar-refractivity contribution in [2.24, 2.45) is 5.73 Å². The molecule has 102 valence electrons.